The lowest BCUT2D eigenvalue weighted by Crippen LogP contribution is -2.37. The maximum absolute atomic E-state index is 13.0. The molecule has 0 atom stereocenters. The second-order valence-corrected chi connectivity index (χ2v) is 10.6. The molecule has 2 heterocycles. The molecule has 0 bridgehead atoms. The standard InChI is InChI=1S/C23H31N3O5S2/c1-3-26(4-2)33(29,30)18-10-11-20(25-12-14-31-15-13-25)19(17-18)24-23(28)9-5-7-21(27)22-8-6-16-32-22/h6,8,10-11,16-17H,3-5,7,9,12-15H2,1-2H3,(H,24,28). The van der Waals surface area contributed by atoms with E-state index in [0.29, 0.717) is 62.8 Å². The summed E-state index contributed by atoms with van der Waals surface area (Å²) in [4.78, 5) is 27.8. The summed E-state index contributed by atoms with van der Waals surface area (Å²) >= 11 is 1.39. The molecule has 1 aromatic heterocycles. The van der Waals surface area contributed by atoms with Crippen molar-refractivity contribution in [2.24, 2.45) is 0 Å². The van der Waals surface area contributed by atoms with E-state index in [1.165, 1.54) is 21.7 Å². The summed E-state index contributed by atoms with van der Waals surface area (Å²) in [5.74, 6) is -0.222. The number of carbonyl (C=O) groups is 2. The number of benzene rings is 1. The molecule has 1 aliphatic heterocycles. The molecular weight excluding hydrogens is 462 g/mol. The largest absolute Gasteiger partial charge is 0.378 e. The minimum absolute atomic E-state index is 0.0270. The summed E-state index contributed by atoms with van der Waals surface area (Å²) in [6.45, 7) is 6.76. The normalized spacial score (nSPS) is 14.5. The van der Waals surface area contributed by atoms with E-state index in [-0.39, 0.29) is 23.0 Å². The molecule has 1 amide bonds. The average molecular weight is 494 g/mol. The van der Waals surface area contributed by atoms with Crippen LogP contribution in [0.3, 0.4) is 0 Å². The molecule has 3 rings (SSSR count). The molecule has 1 N–H and O–H groups in total. The third kappa shape index (κ3) is 6.41. The highest BCUT2D eigenvalue weighted by Crippen LogP contribution is 2.31. The Bertz CT molecular complexity index is 1040. The number of morpholine rings is 1. The van der Waals surface area contributed by atoms with Crippen molar-refractivity contribution in [3.63, 3.8) is 0 Å². The van der Waals surface area contributed by atoms with Gasteiger partial charge in [0.2, 0.25) is 15.9 Å². The molecule has 1 saturated heterocycles. The SMILES string of the molecule is CCN(CC)S(=O)(=O)c1ccc(N2CCOCC2)c(NC(=O)CCCC(=O)c2cccs2)c1. The molecule has 0 radical (unpaired) electrons. The summed E-state index contributed by atoms with van der Waals surface area (Å²) in [6, 6.07) is 8.49. The van der Waals surface area contributed by atoms with Crippen LogP contribution >= 0.6 is 11.3 Å². The van der Waals surface area contributed by atoms with Gasteiger partial charge < -0.3 is 15.0 Å². The molecule has 1 aromatic carbocycles. The van der Waals surface area contributed by atoms with Crippen LogP contribution in [0.25, 0.3) is 0 Å². The van der Waals surface area contributed by atoms with Crippen molar-refractivity contribution in [2.45, 2.75) is 38.0 Å². The summed E-state index contributed by atoms with van der Waals surface area (Å²) in [5, 5.41) is 4.74. The van der Waals surface area contributed by atoms with Gasteiger partial charge in [-0.2, -0.15) is 4.31 Å². The quantitative estimate of drug-likeness (QED) is 0.481. The van der Waals surface area contributed by atoms with Gasteiger partial charge in [-0.25, -0.2) is 8.42 Å². The Labute approximate surface area is 199 Å². The molecule has 10 heteroatoms. The van der Waals surface area contributed by atoms with Crippen LogP contribution in [0.2, 0.25) is 0 Å². The van der Waals surface area contributed by atoms with Crippen molar-refractivity contribution in [2.75, 3.05) is 49.6 Å². The second kappa shape index (κ2) is 11.7. The number of sulfonamides is 1. The van der Waals surface area contributed by atoms with Gasteiger partial charge in [-0.15, -0.1) is 11.3 Å². The summed E-state index contributed by atoms with van der Waals surface area (Å²) in [6.07, 6.45) is 0.889. The van der Waals surface area contributed by atoms with Crippen LogP contribution in [-0.2, 0) is 19.6 Å². The lowest BCUT2D eigenvalue weighted by Gasteiger charge is -2.31. The minimum Gasteiger partial charge on any atom is -0.378 e. The highest BCUT2D eigenvalue weighted by atomic mass is 32.2. The molecule has 0 spiro atoms. The Morgan fingerprint density at radius 1 is 1.12 bits per heavy atom. The van der Waals surface area contributed by atoms with Crippen molar-refractivity contribution in [1.29, 1.82) is 0 Å². The van der Waals surface area contributed by atoms with Gasteiger partial charge in [0, 0.05) is 39.0 Å². The van der Waals surface area contributed by atoms with Gasteiger partial charge in [0.05, 0.1) is 34.4 Å². The number of nitrogens with one attached hydrogen (secondary N) is 1. The van der Waals surface area contributed by atoms with Crippen molar-refractivity contribution >= 4 is 44.4 Å². The fraction of sp³-hybridized carbons (Fsp3) is 0.478. The summed E-state index contributed by atoms with van der Waals surface area (Å²) in [5.41, 5.74) is 1.22. The number of amides is 1. The van der Waals surface area contributed by atoms with Crippen LogP contribution in [-0.4, -0.2) is 63.8 Å². The van der Waals surface area contributed by atoms with Crippen LogP contribution in [0.1, 0.15) is 42.8 Å². The van der Waals surface area contributed by atoms with Crippen molar-refractivity contribution in [3.05, 3.63) is 40.6 Å². The van der Waals surface area contributed by atoms with E-state index in [0.717, 1.165) is 5.69 Å². The Morgan fingerprint density at radius 2 is 1.85 bits per heavy atom. The number of hydrogen-bond acceptors (Lipinski definition) is 7. The fourth-order valence-electron chi connectivity index (χ4n) is 3.75. The molecule has 8 nitrogen and oxygen atoms in total. The highest BCUT2D eigenvalue weighted by Gasteiger charge is 2.24. The average Bonchev–Trinajstić information content (AvgIpc) is 3.35. The molecule has 180 valence electrons. The van der Waals surface area contributed by atoms with Crippen LogP contribution < -0.4 is 10.2 Å². The maximum atomic E-state index is 13.0. The fourth-order valence-corrected chi connectivity index (χ4v) is 5.93. The van der Waals surface area contributed by atoms with Crippen molar-refractivity contribution in [1.82, 2.24) is 4.31 Å². The summed E-state index contributed by atoms with van der Waals surface area (Å²) in [7, 11) is -3.66. The van der Waals surface area contributed by atoms with E-state index in [2.05, 4.69) is 10.2 Å². The zero-order valence-electron chi connectivity index (χ0n) is 19.1. The van der Waals surface area contributed by atoms with Gasteiger partial charge in [-0.05, 0) is 36.1 Å². The number of anilines is 2. The highest BCUT2D eigenvalue weighted by molar-refractivity contribution is 7.89. The molecule has 1 aliphatic rings. The molecule has 2 aromatic rings. The second-order valence-electron chi connectivity index (χ2n) is 7.67. The third-order valence-electron chi connectivity index (χ3n) is 5.54. The lowest BCUT2D eigenvalue weighted by atomic mass is 10.1. The first-order valence-corrected chi connectivity index (χ1v) is 13.5. The van der Waals surface area contributed by atoms with Gasteiger partial charge in [0.1, 0.15) is 0 Å². The van der Waals surface area contributed by atoms with Crippen LogP contribution in [0.4, 0.5) is 11.4 Å². The first-order valence-electron chi connectivity index (χ1n) is 11.2. The zero-order valence-corrected chi connectivity index (χ0v) is 20.7. The molecule has 0 saturated carbocycles. The number of rotatable bonds is 11. The third-order valence-corrected chi connectivity index (χ3v) is 8.50. The number of carbonyl (C=O) groups excluding carboxylic acids is 2. The maximum Gasteiger partial charge on any atom is 0.243 e. The topological polar surface area (TPSA) is 96.0 Å². The number of Topliss-reactive ketones (excluding diaryl/α,β-unsaturated/α-hetero) is 1. The van der Waals surface area contributed by atoms with E-state index in [9.17, 15) is 18.0 Å². The van der Waals surface area contributed by atoms with Crippen LogP contribution in [0.15, 0.2) is 40.6 Å². The van der Waals surface area contributed by atoms with E-state index >= 15 is 0 Å². The Kier molecular flexibility index (Phi) is 9.02. The first kappa shape index (κ1) is 25.4. The lowest BCUT2D eigenvalue weighted by molar-refractivity contribution is -0.116. The number of ether oxygens (including phenoxy) is 1. The number of thiophene rings is 1. The monoisotopic (exact) mass is 493 g/mol. The van der Waals surface area contributed by atoms with Crippen molar-refractivity contribution in [3.8, 4) is 0 Å². The van der Waals surface area contributed by atoms with Gasteiger partial charge >= 0.3 is 0 Å². The van der Waals surface area contributed by atoms with E-state index in [1.807, 2.05) is 11.4 Å². The van der Waals surface area contributed by atoms with E-state index in [4.69, 9.17) is 4.74 Å². The smallest absolute Gasteiger partial charge is 0.243 e. The number of nitrogens with zero attached hydrogens (tertiary/aromatic N) is 2. The van der Waals surface area contributed by atoms with Crippen LogP contribution in [0.5, 0.6) is 0 Å². The molecule has 1 fully saturated rings. The van der Waals surface area contributed by atoms with Gasteiger partial charge in [-0.1, -0.05) is 19.9 Å². The number of ketones is 1. The van der Waals surface area contributed by atoms with E-state index < -0.39 is 10.0 Å². The van der Waals surface area contributed by atoms with Gasteiger partial charge in [0.25, 0.3) is 0 Å². The Morgan fingerprint density at radius 3 is 2.48 bits per heavy atom. The first-order chi connectivity index (χ1) is 15.9. The minimum atomic E-state index is -3.66. The Balaban J connectivity index is 1.76. The molecule has 0 aliphatic carbocycles. The number of hydrogen-bond donors (Lipinski definition) is 1. The predicted molar refractivity (Wildman–Crippen MR) is 131 cm³/mol. The predicted octanol–water partition coefficient (Wildman–Crippen LogP) is 3.61. The molecule has 0 unspecified atom stereocenters. The summed E-state index contributed by atoms with van der Waals surface area (Å²) < 4.78 is 32.9. The Hall–Kier alpha value is -2.27. The zero-order chi connectivity index (χ0) is 23.8. The van der Waals surface area contributed by atoms with E-state index in [1.54, 1.807) is 32.0 Å². The van der Waals surface area contributed by atoms with Gasteiger partial charge in [0.15, 0.2) is 5.78 Å². The molecular formula is C23H31N3O5S2. The van der Waals surface area contributed by atoms with Gasteiger partial charge in [-0.3, -0.25) is 9.59 Å². The van der Waals surface area contributed by atoms with Crippen LogP contribution in [0, 0.1) is 0 Å². The molecule has 33 heavy (non-hydrogen) atoms. The van der Waals surface area contributed by atoms with Crippen molar-refractivity contribution < 1.29 is 22.7 Å².